The Labute approximate surface area is 96.1 Å². The Kier molecular flexibility index (Phi) is 3.11. The van der Waals surface area contributed by atoms with Gasteiger partial charge in [0, 0.05) is 10.9 Å². The molecule has 0 bridgehead atoms. The summed E-state index contributed by atoms with van der Waals surface area (Å²) in [4.78, 5) is 4.05. The molecular weight excluding hydrogens is 257 g/mol. The summed E-state index contributed by atoms with van der Waals surface area (Å²) in [6.07, 6.45) is 1.24. The molecule has 0 unspecified atom stereocenters. The average Bonchev–Trinajstić information content (AvgIpc) is 2.30. The number of pyridine rings is 1. The van der Waals surface area contributed by atoms with Crippen LogP contribution in [0.4, 0.5) is 4.39 Å². The number of nitrogens with zero attached hydrogens (tertiary/aromatic N) is 1. The van der Waals surface area contributed by atoms with Gasteiger partial charge in [0.1, 0.15) is 5.82 Å². The molecule has 0 aliphatic carbocycles. The van der Waals surface area contributed by atoms with Gasteiger partial charge in [-0.05, 0) is 11.6 Å². The van der Waals surface area contributed by atoms with E-state index >= 15 is 0 Å². The van der Waals surface area contributed by atoms with E-state index in [0.717, 1.165) is 16.8 Å². The third kappa shape index (κ3) is 2.23. The molecule has 76 valence electrons. The van der Waals surface area contributed by atoms with Gasteiger partial charge in [0.25, 0.3) is 0 Å². The van der Waals surface area contributed by atoms with Crippen LogP contribution >= 0.6 is 15.9 Å². The van der Waals surface area contributed by atoms with E-state index in [1.165, 1.54) is 12.3 Å². The lowest BCUT2D eigenvalue weighted by molar-refractivity contribution is 0.621. The maximum absolute atomic E-state index is 13.1. The highest BCUT2D eigenvalue weighted by Gasteiger charge is 2.06. The van der Waals surface area contributed by atoms with E-state index in [1.54, 1.807) is 0 Å². The first-order chi connectivity index (χ1) is 7.31. The number of halogens is 2. The maximum Gasteiger partial charge on any atom is 0.142 e. The predicted octanol–water partition coefficient (Wildman–Crippen LogP) is 3.78. The van der Waals surface area contributed by atoms with Crippen LogP contribution in [0.2, 0.25) is 0 Å². The van der Waals surface area contributed by atoms with Crippen LogP contribution in [0.25, 0.3) is 11.1 Å². The molecule has 15 heavy (non-hydrogen) atoms. The fourth-order valence-corrected chi connectivity index (χ4v) is 1.89. The Morgan fingerprint density at radius 3 is 2.60 bits per heavy atom. The Hall–Kier alpha value is -1.22. The Morgan fingerprint density at radius 2 is 1.93 bits per heavy atom. The lowest BCUT2D eigenvalue weighted by Crippen LogP contribution is -1.92. The fraction of sp³-hybridized carbons (Fsp3) is 0.0833. The van der Waals surface area contributed by atoms with Gasteiger partial charge in [-0.1, -0.05) is 46.3 Å². The van der Waals surface area contributed by atoms with Crippen LogP contribution in [0.1, 0.15) is 5.69 Å². The zero-order valence-corrected chi connectivity index (χ0v) is 9.54. The summed E-state index contributed by atoms with van der Waals surface area (Å²) in [6.45, 7) is 0. The van der Waals surface area contributed by atoms with Crippen LogP contribution < -0.4 is 0 Å². The minimum atomic E-state index is -0.307. The molecule has 3 heteroatoms. The van der Waals surface area contributed by atoms with Crippen LogP contribution in [0, 0.1) is 5.82 Å². The van der Waals surface area contributed by atoms with Crippen LogP contribution in [0.3, 0.4) is 0 Å². The topological polar surface area (TPSA) is 12.9 Å². The van der Waals surface area contributed by atoms with Gasteiger partial charge in [0.15, 0.2) is 0 Å². The average molecular weight is 266 g/mol. The second-order valence-corrected chi connectivity index (χ2v) is 3.71. The number of aromatic nitrogens is 1. The highest BCUT2D eigenvalue weighted by Crippen LogP contribution is 2.24. The monoisotopic (exact) mass is 265 g/mol. The number of hydrogen-bond acceptors (Lipinski definition) is 1. The van der Waals surface area contributed by atoms with Gasteiger partial charge in [0.2, 0.25) is 0 Å². The molecule has 0 amide bonds. The minimum absolute atomic E-state index is 0.307. The number of benzene rings is 1. The molecule has 2 rings (SSSR count). The Balaban J connectivity index is 2.56. The van der Waals surface area contributed by atoms with Crippen molar-refractivity contribution >= 4 is 15.9 Å². The zero-order chi connectivity index (χ0) is 10.7. The summed E-state index contributed by atoms with van der Waals surface area (Å²) in [5, 5.41) is 0.623. The molecule has 0 saturated heterocycles. The van der Waals surface area contributed by atoms with Crippen molar-refractivity contribution in [1.29, 1.82) is 0 Å². The molecule has 0 aliphatic rings. The number of alkyl halides is 1. The molecule has 0 radical (unpaired) electrons. The fourth-order valence-electron chi connectivity index (χ4n) is 1.44. The van der Waals surface area contributed by atoms with Gasteiger partial charge in [-0.25, -0.2) is 4.39 Å². The second kappa shape index (κ2) is 4.53. The molecular formula is C12H9BrFN. The van der Waals surface area contributed by atoms with Crippen LogP contribution in [-0.4, -0.2) is 4.98 Å². The summed E-state index contributed by atoms with van der Waals surface area (Å²) in [6, 6.07) is 11.2. The van der Waals surface area contributed by atoms with E-state index in [1.807, 2.05) is 30.3 Å². The van der Waals surface area contributed by atoms with Gasteiger partial charge in [0.05, 0.1) is 11.9 Å². The zero-order valence-electron chi connectivity index (χ0n) is 7.95. The Bertz CT molecular complexity index is 456. The van der Waals surface area contributed by atoms with Crippen molar-refractivity contribution in [1.82, 2.24) is 4.98 Å². The molecule has 0 N–H and O–H groups in total. The third-order valence-electron chi connectivity index (χ3n) is 2.15. The second-order valence-electron chi connectivity index (χ2n) is 3.15. The lowest BCUT2D eigenvalue weighted by atomic mass is 10.0. The molecule has 0 aliphatic heterocycles. The molecule has 1 aromatic carbocycles. The van der Waals surface area contributed by atoms with Crippen LogP contribution in [0.5, 0.6) is 0 Å². The number of rotatable bonds is 2. The molecule has 0 spiro atoms. The van der Waals surface area contributed by atoms with Crippen molar-refractivity contribution in [3.63, 3.8) is 0 Å². The smallest absolute Gasteiger partial charge is 0.142 e. The number of hydrogen-bond donors (Lipinski definition) is 0. The highest BCUT2D eigenvalue weighted by molar-refractivity contribution is 9.08. The SMILES string of the molecule is Fc1cnc(CBr)c(-c2ccccc2)c1. The molecule has 1 heterocycles. The molecule has 0 atom stereocenters. The third-order valence-corrected chi connectivity index (χ3v) is 2.68. The predicted molar refractivity (Wildman–Crippen MR) is 62.3 cm³/mol. The summed E-state index contributed by atoms with van der Waals surface area (Å²) in [5.74, 6) is -0.307. The van der Waals surface area contributed by atoms with Gasteiger partial charge >= 0.3 is 0 Å². The normalized spacial score (nSPS) is 10.3. The minimum Gasteiger partial charge on any atom is -0.257 e. The van der Waals surface area contributed by atoms with Crippen molar-refractivity contribution < 1.29 is 4.39 Å². The van der Waals surface area contributed by atoms with E-state index in [2.05, 4.69) is 20.9 Å². The van der Waals surface area contributed by atoms with Crippen molar-refractivity contribution in [2.24, 2.45) is 0 Å². The molecule has 0 fully saturated rings. The molecule has 1 nitrogen and oxygen atoms in total. The van der Waals surface area contributed by atoms with Gasteiger partial charge in [-0.2, -0.15) is 0 Å². The molecule has 1 aromatic heterocycles. The quantitative estimate of drug-likeness (QED) is 0.754. The first-order valence-corrected chi connectivity index (χ1v) is 5.69. The van der Waals surface area contributed by atoms with Crippen molar-refractivity contribution in [2.75, 3.05) is 0 Å². The Morgan fingerprint density at radius 1 is 1.20 bits per heavy atom. The van der Waals surface area contributed by atoms with Crippen LogP contribution in [-0.2, 0) is 5.33 Å². The standard InChI is InChI=1S/C12H9BrFN/c13-7-12-11(6-10(14)8-15-12)9-4-2-1-3-5-9/h1-6,8H,7H2. The maximum atomic E-state index is 13.1. The molecule has 2 aromatic rings. The van der Waals surface area contributed by atoms with E-state index in [-0.39, 0.29) is 5.82 Å². The first-order valence-electron chi connectivity index (χ1n) is 4.57. The van der Waals surface area contributed by atoms with Crippen molar-refractivity contribution in [3.05, 3.63) is 54.1 Å². The van der Waals surface area contributed by atoms with Gasteiger partial charge < -0.3 is 0 Å². The lowest BCUT2D eigenvalue weighted by Gasteiger charge is -2.06. The molecule has 0 saturated carbocycles. The van der Waals surface area contributed by atoms with Crippen molar-refractivity contribution in [2.45, 2.75) is 5.33 Å². The first kappa shape index (κ1) is 10.3. The van der Waals surface area contributed by atoms with Crippen molar-refractivity contribution in [3.8, 4) is 11.1 Å². The van der Waals surface area contributed by atoms with E-state index in [9.17, 15) is 4.39 Å². The van der Waals surface area contributed by atoms with E-state index < -0.39 is 0 Å². The summed E-state index contributed by atoms with van der Waals surface area (Å²) < 4.78 is 13.1. The van der Waals surface area contributed by atoms with E-state index in [4.69, 9.17) is 0 Å². The van der Waals surface area contributed by atoms with Gasteiger partial charge in [-0.15, -0.1) is 0 Å². The van der Waals surface area contributed by atoms with Gasteiger partial charge in [-0.3, -0.25) is 4.98 Å². The largest absolute Gasteiger partial charge is 0.257 e. The summed E-state index contributed by atoms with van der Waals surface area (Å²) in [7, 11) is 0. The van der Waals surface area contributed by atoms with Crippen LogP contribution in [0.15, 0.2) is 42.6 Å². The summed E-state index contributed by atoms with van der Waals surface area (Å²) >= 11 is 3.35. The highest BCUT2D eigenvalue weighted by atomic mass is 79.9. The summed E-state index contributed by atoms with van der Waals surface area (Å²) in [5.41, 5.74) is 2.68. The van der Waals surface area contributed by atoms with E-state index in [0.29, 0.717) is 5.33 Å².